The van der Waals surface area contributed by atoms with Crippen molar-refractivity contribution in [3.8, 4) is 11.5 Å². The third-order valence-corrected chi connectivity index (χ3v) is 4.28. The maximum atomic E-state index is 13.8. The van der Waals surface area contributed by atoms with Gasteiger partial charge in [0.25, 0.3) is 5.91 Å². The molecule has 0 spiro atoms. The second-order valence-corrected chi connectivity index (χ2v) is 6.36. The highest BCUT2D eigenvalue weighted by Crippen LogP contribution is 2.34. The molecule has 3 nitrogen and oxygen atoms in total. The molecule has 6 heteroatoms. The molecule has 0 bridgehead atoms. The first-order chi connectivity index (χ1) is 12.5. The molecule has 0 unspecified atom stereocenters. The summed E-state index contributed by atoms with van der Waals surface area (Å²) < 4.78 is 19.5. The Balaban J connectivity index is 1.98. The van der Waals surface area contributed by atoms with E-state index in [0.29, 0.717) is 15.7 Å². The number of rotatable bonds is 4. The molecule has 0 atom stereocenters. The topological polar surface area (TPSA) is 29.5 Å². The highest BCUT2D eigenvalue weighted by Gasteiger charge is 2.20. The van der Waals surface area contributed by atoms with Crippen molar-refractivity contribution in [2.24, 2.45) is 0 Å². The second-order valence-electron chi connectivity index (χ2n) is 5.52. The zero-order chi connectivity index (χ0) is 18.7. The summed E-state index contributed by atoms with van der Waals surface area (Å²) in [7, 11) is 1.61. The van der Waals surface area contributed by atoms with Gasteiger partial charge < -0.3 is 9.64 Å². The quantitative estimate of drug-likeness (QED) is 0.531. The van der Waals surface area contributed by atoms with E-state index < -0.39 is 11.7 Å². The minimum absolute atomic E-state index is 0.0763. The van der Waals surface area contributed by atoms with E-state index in [0.717, 1.165) is 6.07 Å². The molecular formula is C20H14Cl2FNO2. The van der Waals surface area contributed by atoms with Crippen molar-refractivity contribution in [1.82, 2.24) is 0 Å². The molecule has 3 aromatic carbocycles. The first kappa shape index (κ1) is 18.2. The van der Waals surface area contributed by atoms with Gasteiger partial charge in [-0.25, -0.2) is 4.39 Å². The second kappa shape index (κ2) is 7.77. The molecular weight excluding hydrogens is 376 g/mol. The van der Waals surface area contributed by atoms with Gasteiger partial charge >= 0.3 is 0 Å². The van der Waals surface area contributed by atoms with Gasteiger partial charge in [0.2, 0.25) is 0 Å². The monoisotopic (exact) mass is 389 g/mol. The fourth-order valence-electron chi connectivity index (χ4n) is 2.38. The SMILES string of the molecule is CN(C(=O)c1cc(F)ccc1Oc1cc(Cl)ccc1Cl)c1ccccc1. The summed E-state index contributed by atoms with van der Waals surface area (Å²) in [6, 6.07) is 17.5. The number of hydrogen-bond donors (Lipinski definition) is 0. The molecule has 132 valence electrons. The van der Waals surface area contributed by atoms with E-state index in [9.17, 15) is 9.18 Å². The maximum Gasteiger partial charge on any atom is 0.261 e. The van der Waals surface area contributed by atoms with Crippen LogP contribution in [0.5, 0.6) is 11.5 Å². The maximum absolute atomic E-state index is 13.8. The number of carbonyl (C=O) groups is 1. The predicted molar refractivity (Wildman–Crippen MR) is 102 cm³/mol. The number of nitrogens with zero attached hydrogens (tertiary/aromatic N) is 1. The van der Waals surface area contributed by atoms with E-state index in [1.807, 2.05) is 18.2 Å². The van der Waals surface area contributed by atoms with Gasteiger partial charge in [0.15, 0.2) is 0 Å². The van der Waals surface area contributed by atoms with Gasteiger partial charge in [-0.15, -0.1) is 0 Å². The van der Waals surface area contributed by atoms with Crippen LogP contribution in [0.15, 0.2) is 66.7 Å². The summed E-state index contributed by atoms with van der Waals surface area (Å²) in [5, 5.41) is 0.759. The van der Waals surface area contributed by atoms with Crippen molar-refractivity contribution in [2.45, 2.75) is 0 Å². The Bertz CT molecular complexity index is 948. The fourth-order valence-corrected chi connectivity index (χ4v) is 2.70. The average molecular weight is 390 g/mol. The minimum Gasteiger partial charge on any atom is -0.455 e. The highest BCUT2D eigenvalue weighted by atomic mass is 35.5. The van der Waals surface area contributed by atoms with Crippen LogP contribution in [0.1, 0.15) is 10.4 Å². The lowest BCUT2D eigenvalue weighted by Gasteiger charge is -2.19. The Labute approximate surface area is 160 Å². The third kappa shape index (κ3) is 3.98. The van der Waals surface area contributed by atoms with Gasteiger partial charge in [-0.3, -0.25) is 4.79 Å². The molecule has 0 radical (unpaired) electrons. The number of halogens is 3. The average Bonchev–Trinajstić information content (AvgIpc) is 2.65. The van der Waals surface area contributed by atoms with Crippen LogP contribution in [0.3, 0.4) is 0 Å². The van der Waals surface area contributed by atoms with Crippen LogP contribution in [0, 0.1) is 5.82 Å². The zero-order valence-electron chi connectivity index (χ0n) is 13.7. The zero-order valence-corrected chi connectivity index (χ0v) is 15.3. The number of para-hydroxylation sites is 1. The lowest BCUT2D eigenvalue weighted by Crippen LogP contribution is -2.26. The summed E-state index contributed by atoms with van der Waals surface area (Å²) in [5.74, 6) is -0.492. The largest absolute Gasteiger partial charge is 0.455 e. The molecule has 1 amide bonds. The van der Waals surface area contributed by atoms with Gasteiger partial charge in [0.1, 0.15) is 17.3 Å². The molecule has 3 aromatic rings. The van der Waals surface area contributed by atoms with Gasteiger partial charge in [0.05, 0.1) is 10.6 Å². The molecule has 0 saturated heterocycles. The van der Waals surface area contributed by atoms with Gasteiger partial charge in [0, 0.05) is 23.8 Å². The summed E-state index contributed by atoms with van der Waals surface area (Å²) in [6.45, 7) is 0. The lowest BCUT2D eigenvalue weighted by molar-refractivity contribution is 0.0990. The van der Waals surface area contributed by atoms with Crippen LogP contribution >= 0.6 is 23.2 Å². The Morgan fingerprint density at radius 2 is 1.69 bits per heavy atom. The summed E-state index contributed by atoms with van der Waals surface area (Å²) in [4.78, 5) is 14.3. The molecule has 0 aliphatic rings. The molecule has 0 aromatic heterocycles. The smallest absolute Gasteiger partial charge is 0.261 e. The third-order valence-electron chi connectivity index (χ3n) is 3.73. The number of ether oxygens (including phenoxy) is 1. The molecule has 0 saturated carbocycles. The van der Waals surface area contributed by atoms with Crippen LogP contribution in [-0.2, 0) is 0 Å². The van der Waals surface area contributed by atoms with Crippen LogP contribution < -0.4 is 9.64 Å². The number of amides is 1. The molecule has 26 heavy (non-hydrogen) atoms. The summed E-state index contributed by atoms with van der Waals surface area (Å²) in [6.07, 6.45) is 0. The number of carbonyl (C=O) groups excluding carboxylic acids is 1. The molecule has 0 heterocycles. The van der Waals surface area contributed by atoms with E-state index in [1.54, 1.807) is 31.3 Å². The summed E-state index contributed by atoms with van der Waals surface area (Å²) >= 11 is 12.1. The van der Waals surface area contributed by atoms with Crippen molar-refractivity contribution < 1.29 is 13.9 Å². The van der Waals surface area contributed by atoms with Gasteiger partial charge in [-0.05, 0) is 42.5 Å². The predicted octanol–water partition coefficient (Wildman–Crippen LogP) is 6.20. The standard InChI is InChI=1S/C20H14Cl2FNO2/c1-24(15-5-3-2-4-6-15)20(25)16-12-14(23)8-10-18(16)26-19-11-13(21)7-9-17(19)22/h2-12H,1H3. The first-order valence-corrected chi connectivity index (χ1v) is 8.47. The first-order valence-electron chi connectivity index (χ1n) is 7.71. The lowest BCUT2D eigenvalue weighted by atomic mass is 10.1. The minimum atomic E-state index is -0.542. The van der Waals surface area contributed by atoms with Crippen LogP contribution in [0.25, 0.3) is 0 Å². The molecule has 0 aliphatic heterocycles. The fraction of sp³-hybridized carbons (Fsp3) is 0.0500. The van der Waals surface area contributed by atoms with Crippen molar-refractivity contribution in [3.63, 3.8) is 0 Å². The highest BCUT2D eigenvalue weighted by molar-refractivity contribution is 6.34. The van der Waals surface area contributed by atoms with Crippen molar-refractivity contribution >= 4 is 34.8 Å². The van der Waals surface area contributed by atoms with E-state index in [4.69, 9.17) is 27.9 Å². The summed E-state index contributed by atoms with van der Waals surface area (Å²) in [5.41, 5.74) is 0.751. The van der Waals surface area contributed by atoms with Gasteiger partial charge in [-0.1, -0.05) is 41.4 Å². The Morgan fingerprint density at radius 1 is 0.962 bits per heavy atom. The van der Waals surface area contributed by atoms with E-state index >= 15 is 0 Å². The van der Waals surface area contributed by atoms with E-state index in [1.165, 1.54) is 23.1 Å². The number of hydrogen-bond acceptors (Lipinski definition) is 2. The number of benzene rings is 3. The van der Waals surface area contributed by atoms with Crippen LogP contribution in [0.2, 0.25) is 10.0 Å². The molecule has 0 aliphatic carbocycles. The Morgan fingerprint density at radius 3 is 2.42 bits per heavy atom. The normalized spacial score (nSPS) is 10.5. The molecule has 3 rings (SSSR count). The van der Waals surface area contributed by atoms with Crippen molar-refractivity contribution in [2.75, 3.05) is 11.9 Å². The van der Waals surface area contributed by atoms with Crippen molar-refractivity contribution in [3.05, 3.63) is 88.2 Å². The Kier molecular flexibility index (Phi) is 5.45. The Hall–Kier alpha value is -2.56. The molecule has 0 N–H and O–H groups in total. The van der Waals surface area contributed by atoms with Gasteiger partial charge in [-0.2, -0.15) is 0 Å². The van der Waals surface area contributed by atoms with Crippen molar-refractivity contribution in [1.29, 1.82) is 0 Å². The van der Waals surface area contributed by atoms with E-state index in [-0.39, 0.29) is 17.1 Å². The molecule has 0 fully saturated rings. The number of anilines is 1. The van der Waals surface area contributed by atoms with E-state index in [2.05, 4.69) is 0 Å². The van der Waals surface area contributed by atoms with Crippen LogP contribution in [-0.4, -0.2) is 13.0 Å². The van der Waals surface area contributed by atoms with Crippen LogP contribution in [0.4, 0.5) is 10.1 Å².